The van der Waals surface area contributed by atoms with Crippen LogP contribution in [0, 0.1) is 12.3 Å². The largest absolute Gasteiger partial charge is 0.480 e. The van der Waals surface area contributed by atoms with Crippen LogP contribution in [0.15, 0.2) is 0 Å². The molecule has 0 aromatic rings. The molecule has 2 unspecified atom stereocenters. The molecule has 2 amide bonds. The standard InChI is InChI=1S/C13H18N2O4/c1-2-5-14(8-12(17)18)13(19)15-9-3-4-10(15)7-11(16)6-9/h1,9-11,16H,3-8H2,(H,17,18). The van der Waals surface area contributed by atoms with Crippen LogP contribution in [0.2, 0.25) is 0 Å². The number of aliphatic hydroxyl groups is 1. The minimum Gasteiger partial charge on any atom is -0.480 e. The van der Waals surface area contributed by atoms with E-state index in [0.717, 1.165) is 12.8 Å². The van der Waals surface area contributed by atoms with Crippen molar-refractivity contribution in [1.29, 1.82) is 0 Å². The average molecular weight is 266 g/mol. The van der Waals surface area contributed by atoms with Crippen LogP contribution in [-0.4, -0.2) is 63.3 Å². The number of piperidine rings is 1. The molecule has 104 valence electrons. The molecule has 0 aromatic carbocycles. The Labute approximate surface area is 112 Å². The van der Waals surface area contributed by atoms with Crippen molar-refractivity contribution >= 4 is 12.0 Å². The van der Waals surface area contributed by atoms with Crippen molar-refractivity contribution in [3.8, 4) is 12.3 Å². The van der Waals surface area contributed by atoms with Gasteiger partial charge in [-0.3, -0.25) is 4.79 Å². The van der Waals surface area contributed by atoms with Gasteiger partial charge in [-0.25, -0.2) is 4.79 Å². The first kappa shape index (κ1) is 13.7. The van der Waals surface area contributed by atoms with Crippen LogP contribution < -0.4 is 0 Å². The summed E-state index contributed by atoms with van der Waals surface area (Å²) in [4.78, 5) is 26.1. The molecule has 0 radical (unpaired) electrons. The third-order valence-corrected chi connectivity index (χ3v) is 3.81. The first-order valence-electron chi connectivity index (χ1n) is 6.43. The molecule has 0 saturated carbocycles. The molecule has 19 heavy (non-hydrogen) atoms. The second-order valence-electron chi connectivity index (χ2n) is 5.15. The van der Waals surface area contributed by atoms with Crippen LogP contribution in [0.1, 0.15) is 25.7 Å². The maximum atomic E-state index is 12.4. The Bertz CT molecular complexity index is 403. The fraction of sp³-hybridized carbons (Fsp3) is 0.692. The third-order valence-electron chi connectivity index (χ3n) is 3.81. The van der Waals surface area contributed by atoms with Gasteiger partial charge in [0, 0.05) is 12.1 Å². The molecule has 6 heteroatoms. The van der Waals surface area contributed by atoms with Crippen LogP contribution in [-0.2, 0) is 4.79 Å². The number of carbonyl (C=O) groups is 2. The Morgan fingerprint density at radius 2 is 1.89 bits per heavy atom. The highest BCUT2D eigenvalue weighted by Crippen LogP contribution is 2.36. The summed E-state index contributed by atoms with van der Waals surface area (Å²) < 4.78 is 0. The van der Waals surface area contributed by atoms with Gasteiger partial charge in [0.15, 0.2) is 0 Å². The lowest BCUT2D eigenvalue weighted by Crippen LogP contribution is -2.54. The van der Waals surface area contributed by atoms with Gasteiger partial charge >= 0.3 is 12.0 Å². The number of hydrogen-bond acceptors (Lipinski definition) is 3. The van der Waals surface area contributed by atoms with Crippen molar-refractivity contribution in [2.75, 3.05) is 13.1 Å². The highest BCUT2D eigenvalue weighted by Gasteiger charge is 2.44. The monoisotopic (exact) mass is 266 g/mol. The molecule has 0 aromatic heterocycles. The van der Waals surface area contributed by atoms with E-state index in [1.54, 1.807) is 4.90 Å². The quantitative estimate of drug-likeness (QED) is 0.711. The van der Waals surface area contributed by atoms with Crippen molar-refractivity contribution in [3.05, 3.63) is 0 Å². The number of carboxylic acid groups (broad SMARTS) is 1. The van der Waals surface area contributed by atoms with E-state index in [1.165, 1.54) is 4.90 Å². The number of amides is 2. The summed E-state index contributed by atoms with van der Waals surface area (Å²) in [6.07, 6.45) is 7.69. The summed E-state index contributed by atoms with van der Waals surface area (Å²) in [7, 11) is 0. The number of rotatable bonds is 3. The van der Waals surface area contributed by atoms with Gasteiger partial charge in [0.05, 0.1) is 12.6 Å². The van der Waals surface area contributed by atoms with Crippen molar-refractivity contribution < 1.29 is 19.8 Å². The minimum atomic E-state index is -1.08. The van der Waals surface area contributed by atoms with E-state index in [1.807, 2.05) is 0 Å². The smallest absolute Gasteiger partial charge is 0.323 e. The van der Waals surface area contributed by atoms with Crippen molar-refractivity contribution in [2.24, 2.45) is 0 Å². The molecule has 2 atom stereocenters. The Balaban J connectivity index is 2.09. The summed E-state index contributed by atoms with van der Waals surface area (Å²) in [5, 5.41) is 18.5. The lowest BCUT2D eigenvalue weighted by atomic mass is 10.0. The highest BCUT2D eigenvalue weighted by molar-refractivity contribution is 5.81. The van der Waals surface area contributed by atoms with E-state index >= 15 is 0 Å². The maximum Gasteiger partial charge on any atom is 0.323 e. The van der Waals surface area contributed by atoms with E-state index in [-0.39, 0.29) is 37.3 Å². The van der Waals surface area contributed by atoms with E-state index in [2.05, 4.69) is 5.92 Å². The second-order valence-corrected chi connectivity index (χ2v) is 5.15. The number of aliphatic carboxylic acids is 1. The van der Waals surface area contributed by atoms with Crippen LogP contribution in [0.3, 0.4) is 0 Å². The molecule has 2 N–H and O–H groups in total. The van der Waals surface area contributed by atoms with E-state index in [0.29, 0.717) is 12.8 Å². The van der Waals surface area contributed by atoms with Crippen molar-refractivity contribution in [1.82, 2.24) is 9.80 Å². The van der Waals surface area contributed by atoms with Gasteiger partial charge in [-0.1, -0.05) is 5.92 Å². The van der Waals surface area contributed by atoms with Crippen LogP contribution in [0.5, 0.6) is 0 Å². The number of urea groups is 1. The predicted molar refractivity (Wildman–Crippen MR) is 67.3 cm³/mol. The van der Waals surface area contributed by atoms with Crippen LogP contribution in [0.25, 0.3) is 0 Å². The molecule has 2 heterocycles. The molecular formula is C13H18N2O4. The number of hydrogen-bond donors (Lipinski definition) is 2. The predicted octanol–water partition coefficient (Wildman–Crippen LogP) is 0.114. The van der Waals surface area contributed by atoms with Gasteiger partial charge in [0.2, 0.25) is 0 Å². The van der Waals surface area contributed by atoms with Crippen LogP contribution in [0.4, 0.5) is 4.79 Å². The minimum absolute atomic E-state index is 0.00955. The summed E-state index contributed by atoms with van der Waals surface area (Å²) in [5.74, 6) is 1.24. The second kappa shape index (κ2) is 5.49. The fourth-order valence-corrected chi connectivity index (χ4v) is 3.09. The Morgan fingerprint density at radius 3 is 2.37 bits per heavy atom. The molecule has 2 bridgehead atoms. The average Bonchev–Trinajstić information content (AvgIpc) is 2.60. The lowest BCUT2D eigenvalue weighted by Gasteiger charge is -2.39. The zero-order chi connectivity index (χ0) is 14.0. The lowest BCUT2D eigenvalue weighted by molar-refractivity contribution is -0.137. The maximum absolute atomic E-state index is 12.4. The van der Waals surface area contributed by atoms with Gasteiger partial charge in [-0.2, -0.15) is 0 Å². The van der Waals surface area contributed by atoms with Gasteiger partial charge < -0.3 is 20.0 Å². The zero-order valence-electron chi connectivity index (χ0n) is 10.7. The number of carboxylic acids is 1. The summed E-state index contributed by atoms with van der Waals surface area (Å²) in [6, 6.07) is -0.301. The number of nitrogens with zero attached hydrogens (tertiary/aromatic N) is 2. The molecule has 0 aliphatic carbocycles. The number of terminal acetylenes is 1. The molecule has 2 saturated heterocycles. The molecule has 2 aliphatic heterocycles. The number of aliphatic hydroxyl groups excluding tert-OH is 1. The zero-order valence-corrected chi connectivity index (χ0v) is 10.7. The Morgan fingerprint density at radius 1 is 1.32 bits per heavy atom. The SMILES string of the molecule is C#CCN(CC(=O)O)C(=O)N1C2CCC1CC(O)C2. The molecule has 0 spiro atoms. The highest BCUT2D eigenvalue weighted by atomic mass is 16.4. The first-order chi connectivity index (χ1) is 9.02. The molecule has 2 rings (SSSR count). The van der Waals surface area contributed by atoms with Gasteiger partial charge in [-0.15, -0.1) is 6.42 Å². The molecular weight excluding hydrogens is 248 g/mol. The van der Waals surface area contributed by atoms with Gasteiger partial charge in [0.25, 0.3) is 0 Å². The molecule has 2 aliphatic rings. The van der Waals surface area contributed by atoms with Gasteiger partial charge in [0.1, 0.15) is 6.54 Å². The fourth-order valence-electron chi connectivity index (χ4n) is 3.09. The molecule has 6 nitrogen and oxygen atoms in total. The third kappa shape index (κ3) is 2.82. The first-order valence-corrected chi connectivity index (χ1v) is 6.43. The van der Waals surface area contributed by atoms with Crippen molar-refractivity contribution in [2.45, 2.75) is 43.9 Å². The Hall–Kier alpha value is -1.74. The van der Waals surface area contributed by atoms with E-state index in [9.17, 15) is 14.7 Å². The number of carbonyl (C=O) groups excluding carboxylic acids is 1. The summed E-state index contributed by atoms with van der Waals surface area (Å²) >= 11 is 0. The topological polar surface area (TPSA) is 81.1 Å². The normalized spacial score (nSPS) is 28.8. The molecule has 2 fully saturated rings. The van der Waals surface area contributed by atoms with E-state index < -0.39 is 5.97 Å². The number of fused-ring (bicyclic) bond motifs is 2. The van der Waals surface area contributed by atoms with E-state index in [4.69, 9.17) is 11.5 Å². The Kier molecular flexibility index (Phi) is 3.96. The summed E-state index contributed by atoms with van der Waals surface area (Å²) in [5.41, 5.74) is 0. The van der Waals surface area contributed by atoms with Crippen LogP contribution >= 0.6 is 0 Å². The van der Waals surface area contributed by atoms with Gasteiger partial charge in [-0.05, 0) is 25.7 Å². The van der Waals surface area contributed by atoms with Crippen molar-refractivity contribution in [3.63, 3.8) is 0 Å². The summed E-state index contributed by atoms with van der Waals surface area (Å²) in [6.45, 7) is -0.398.